The number of anilines is 1. The number of rotatable bonds is 7. The Morgan fingerprint density at radius 3 is 2.35 bits per heavy atom. The Hall–Kier alpha value is -2.82. The number of ether oxygens (including phenoxy) is 1. The van der Waals surface area contributed by atoms with Crippen LogP contribution in [0.3, 0.4) is 0 Å². The predicted molar refractivity (Wildman–Crippen MR) is 103 cm³/mol. The van der Waals surface area contributed by atoms with E-state index in [1.807, 2.05) is 63.2 Å². The maximum atomic E-state index is 12.2. The van der Waals surface area contributed by atoms with Crippen LogP contribution >= 0.6 is 0 Å². The van der Waals surface area contributed by atoms with Gasteiger partial charge < -0.3 is 15.0 Å². The van der Waals surface area contributed by atoms with E-state index in [-0.39, 0.29) is 31.4 Å². The quantitative estimate of drug-likeness (QED) is 0.828. The van der Waals surface area contributed by atoms with Gasteiger partial charge in [-0.15, -0.1) is 0 Å². The summed E-state index contributed by atoms with van der Waals surface area (Å²) in [4.78, 5) is 25.8. The Morgan fingerprint density at radius 1 is 1.04 bits per heavy atom. The fourth-order valence-corrected chi connectivity index (χ4v) is 2.65. The molecule has 0 aromatic heterocycles. The molecular weight excluding hydrogens is 328 g/mol. The number of hydrogen-bond donors (Lipinski definition) is 1. The lowest BCUT2D eigenvalue weighted by Gasteiger charge is -2.18. The molecule has 0 fully saturated rings. The Morgan fingerprint density at radius 2 is 1.69 bits per heavy atom. The fourth-order valence-electron chi connectivity index (χ4n) is 2.65. The highest BCUT2D eigenvalue weighted by Gasteiger charge is 2.14. The summed E-state index contributed by atoms with van der Waals surface area (Å²) in [6, 6.07) is 13.5. The second kappa shape index (κ2) is 9.04. The highest BCUT2D eigenvalue weighted by Crippen LogP contribution is 2.19. The van der Waals surface area contributed by atoms with Crippen LogP contribution in [0.4, 0.5) is 5.69 Å². The van der Waals surface area contributed by atoms with E-state index in [4.69, 9.17) is 4.74 Å². The van der Waals surface area contributed by atoms with Gasteiger partial charge in [-0.25, -0.2) is 0 Å². The van der Waals surface area contributed by atoms with Crippen molar-refractivity contribution in [1.82, 2.24) is 4.90 Å². The van der Waals surface area contributed by atoms with Crippen molar-refractivity contribution < 1.29 is 14.3 Å². The largest absolute Gasteiger partial charge is 0.493 e. The number of amides is 2. The Bertz CT molecular complexity index is 766. The van der Waals surface area contributed by atoms with Gasteiger partial charge in [-0.1, -0.05) is 30.3 Å². The number of benzene rings is 2. The third kappa shape index (κ3) is 5.62. The van der Waals surface area contributed by atoms with Crippen LogP contribution in [0.1, 0.15) is 23.1 Å². The first-order chi connectivity index (χ1) is 12.4. The Labute approximate surface area is 155 Å². The highest BCUT2D eigenvalue weighted by atomic mass is 16.5. The fraction of sp³-hybridized carbons (Fsp3) is 0.333. The van der Waals surface area contributed by atoms with Gasteiger partial charge in [0.1, 0.15) is 5.75 Å². The van der Waals surface area contributed by atoms with Gasteiger partial charge >= 0.3 is 0 Å². The molecule has 2 rings (SSSR count). The van der Waals surface area contributed by atoms with Crippen molar-refractivity contribution >= 4 is 17.5 Å². The molecule has 5 heteroatoms. The van der Waals surface area contributed by atoms with Crippen LogP contribution in [0.25, 0.3) is 0 Å². The maximum Gasteiger partial charge on any atom is 0.243 e. The molecule has 2 amide bonds. The second-order valence-corrected chi connectivity index (χ2v) is 6.48. The third-order valence-electron chi connectivity index (χ3n) is 4.13. The zero-order chi connectivity index (χ0) is 19.1. The Balaban J connectivity index is 1.80. The van der Waals surface area contributed by atoms with Crippen LogP contribution in [0.15, 0.2) is 42.5 Å². The van der Waals surface area contributed by atoms with E-state index in [1.54, 1.807) is 7.05 Å². The van der Waals surface area contributed by atoms with Gasteiger partial charge in [0.25, 0.3) is 0 Å². The molecule has 0 unspecified atom stereocenters. The summed E-state index contributed by atoms with van der Waals surface area (Å²) in [5.74, 6) is 0.403. The smallest absolute Gasteiger partial charge is 0.243 e. The molecule has 0 radical (unpaired) electrons. The van der Waals surface area contributed by atoms with Crippen molar-refractivity contribution in [3.8, 4) is 5.75 Å². The minimum atomic E-state index is -0.210. The van der Waals surface area contributed by atoms with Crippen LogP contribution in [0.2, 0.25) is 0 Å². The van der Waals surface area contributed by atoms with E-state index < -0.39 is 0 Å². The minimum absolute atomic E-state index is 0.0110. The first-order valence-corrected chi connectivity index (χ1v) is 8.66. The third-order valence-corrected chi connectivity index (χ3v) is 4.13. The van der Waals surface area contributed by atoms with Crippen molar-refractivity contribution in [2.45, 2.75) is 27.2 Å². The standard InChI is InChI=1S/C21H26N2O3/c1-15-7-5-10-18(13-15)26-12-11-20(25)23(4)14-19(24)22-21-16(2)8-6-9-17(21)3/h5-10,13H,11-12,14H2,1-4H3,(H,22,24). The van der Waals surface area contributed by atoms with Gasteiger partial charge in [-0.2, -0.15) is 0 Å². The number of nitrogens with one attached hydrogen (secondary N) is 1. The summed E-state index contributed by atoms with van der Waals surface area (Å²) < 4.78 is 5.59. The molecule has 0 saturated heterocycles. The molecule has 0 atom stereocenters. The molecule has 138 valence electrons. The maximum absolute atomic E-state index is 12.2. The van der Waals surface area contributed by atoms with Gasteiger partial charge in [0.15, 0.2) is 0 Å². The summed E-state index contributed by atoms with van der Waals surface area (Å²) in [7, 11) is 1.62. The molecule has 26 heavy (non-hydrogen) atoms. The van der Waals surface area contributed by atoms with Gasteiger partial charge in [-0.3, -0.25) is 9.59 Å². The first-order valence-electron chi connectivity index (χ1n) is 8.66. The number of carbonyl (C=O) groups excluding carboxylic acids is 2. The second-order valence-electron chi connectivity index (χ2n) is 6.48. The molecule has 0 aliphatic heterocycles. The number of carbonyl (C=O) groups is 2. The summed E-state index contributed by atoms with van der Waals surface area (Å²) >= 11 is 0. The van der Waals surface area contributed by atoms with E-state index in [0.717, 1.165) is 28.1 Å². The molecule has 2 aromatic carbocycles. The Kier molecular flexibility index (Phi) is 6.78. The van der Waals surface area contributed by atoms with Crippen molar-refractivity contribution in [3.05, 3.63) is 59.2 Å². The summed E-state index contributed by atoms with van der Waals surface area (Å²) in [5.41, 5.74) is 3.91. The van der Waals surface area contributed by atoms with Crippen molar-refractivity contribution in [2.24, 2.45) is 0 Å². The minimum Gasteiger partial charge on any atom is -0.493 e. The zero-order valence-corrected chi connectivity index (χ0v) is 15.8. The lowest BCUT2D eigenvalue weighted by molar-refractivity contribution is -0.133. The molecule has 2 aromatic rings. The van der Waals surface area contributed by atoms with E-state index in [0.29, 0.717) is 0 Å². The van der Waals surface area contributed by atoms with Gasteiger partial charge in [0, 0.05) is 12.7 Å². The molecule has 0 heterocycles. The predicted octanol–water partition coefficient (Wildman–Crippen LogP) is 3.48. The van der Waals surface area contributed by atoms with Gasteiger partial charge in [-0.05, 0) is 49.6 Å². The average Bonchev–Trinajstić information content (AvgIpc) is 2.58. The normalized spacial score (nSPS) is 10.3. The number of hydrogen-bond acceptors (Lipinski definition) is 3. The lowest BCUT2D eigenvalue weighted by atomic mass is 10.1. The molecule has 5 nitrogen and oxygen atoms in total. The first kappa shape index (κ1) is 19.5. The molecule has 0 saturated carbocycles. The summed E-state index contributed by atoms with van der Waals surface area (Å²) in [6.07, 6.45) is 0.223. The van der Waals surface area contributed by atoms with Crippen molar-refractivity contribution in [3.63, 3.8) is 0 Å². The van der Waals surface area contributed by atoms with Crippen LogP contribution in [0, 0.1) is 20.8 Å². The lowest BCUT2D eigenvalue weighted by Crippen LogP contribution is -2.35. The van der Waals surface area contributed by atoms with Crippen LogP contribution in [-0.4, -0.2) is 36.9 Å². The van der Waals surface area contributed by atoms with Crippen LogP contribution in [0.5, 0.6) is 5.75 Å². The monoisotopic (exact) mass is 354 g/mol. The van der Waals surface area contributed by atoms with E-state index in [9.17, 15) is 9.59 Å². The van der Waals surface area contributed by atoms with Gasteiger partial charge in [0.2, 0.25) is 11.8 Å². The van der Waals surface area contributed by atoms with E-state index in [2.05, 4.69) is 5.32 Å². The van der Waals surface area contributed by atoms with E-state index in [1.165, 1.54) is 4.90 Å². The number of para-hydroxylation sites is 1. The molecule has 1 N–H and O–H groups in total. The number of nitrogens with zero attached hydrogens (tertiary/aromatic N) is 1. The number of likely N-dealkylation sites (N-methyl/N-ethyl adjacent to an activating group) is 1. The average molecular weight is 354 g/mol. The highest BCUT2D eigenvalue weighted by molar-refractivity contribution is 5.95. The molecule has 0 spiro atoms. The van der Waals surface area contributed by atoms with Crippen molar-refractivity contribution in [1.29, 1.82) is 0 Å². The van der Waals surface area contributed by atoms with Crippen molar-refractivity contribution in [2.75, 3.05) is 25.5 Å². The molecule has 0 aliphatic carbocycles. The molecular formula is C21H26N2O3. The van der Waals surface area contributed by atoms with Crippen LogP contribution in [-0.2, 0) is 9.59 Å². The molecule has 0 aliphatic rings. The summed E-state index contributed by atoms with van der Waals surface area (Å²) in [6.45, 7) is 6.17. The van der Waals surface area contributed by atoms with Crippen LogP contribution < -0.4 is 10.1 Å². The number of aryl methyl sites for hydroxylation is 3. The molecule has 0 bridgehead atoms. The zero-order valence-electron chi connectivity index (χ0n) is 15.8. The van der Waals surface area contributed by atoms with Gasteiger partial charge in [0.05, 0.1) is 19.6 Å². The summed E-state index contributed by atoms with van der Waals surface area (Å²) in [5, 5.41) is 2.89. The van der Waals surface area contributed by atoms with E-state index >= 15 is 0 Å². The topological polar surface area (TPSA) is 58.6 Å². The SMILES string of the molecule is Cc1cccc(OCCC(=O)N(C)CC(=O)Nc2c(C)cccc2C)c1.